The second-order valence-electron chi connectivity index (χ2n) is 8.86. The van der Waals surface area contributed by atoms with Gasteiger partial charge in [-0.3, -0.25) is 9.78 Å². The number of benzene rings is 1. The Labute approximate surface area is 180 Å². The van der Waals surface area contributed by atoms with Crippen LogP contribution in [0.25, 0.3) is 11.4 Å². The van der Waals surface area contributed by atoms with Crippen molar-refractivity contribution >= 4 is 5.91 Å². The van der Waals surface area contributed by atoms with Crippen LogP contribution in [0.3, 0.4) is 0 Å². The number of rotatable bonds is 4. The zero-order chi connectivity index (χ0) is 21.4. The molecule has 158 valence electrons. The van der Waals surface area contributed by atoms with Crippen molar-refractivity contribution in [2.45, 2.75) is 39.2 Å². The Morgan fingerprint density at radius 2 is 1.97 bits per heavy atom. The molecule has 3 aromatic rings. The highest BCUT2D eigenvalue weighted by Gasteiger charge is 2.34. The van der Waals surface area contributed by atoms with Crippen LogP contribution in [0.1, 0.15) is 43.1 Å². The summed E-state index contributed by atoms with van der Waals surface area (Å²) in [5.41, 5.74) is 3.83. The van der Waals surface area contributed by atoms with Gasteiger partial charge in [0.2, 0.25) is 12.7 Å². The zero-order valence-corrected chi connectivity index (χ0v) is 17.6. The first-order valence-electron chi connectivity index (χ1n) is 10.4. The van der Waals surface area contributed by atoms with Gasteiger partial charge in [-0.05, 0) is 48.1 Å². The zero-order valence-electron chi connectivity index (χ0n) is 17.6. The van der Waals surface area contributed by atoms with E-state index in [0.717, 1.165) is 35.2 Å². The lowest BCUT2D eigenvalue weighted by Crippen LogP contribution is -2.37. The van der Waals surface area contributed by atoms with Crippen molar-refractivity contribution in [2.75, 3.05) is 6.79 Å². The molecule has 7 heteroatoms. The van der Waals surface area contributed by atoms with Crippen molar-refractivity contribution < 1.29 is 14.3 Å². The molecular weight excluding hydrogens is 392 g/mol. The lowest BCUT2D eigenvalue weighted by molar-refractivity contribution is -0.121. The maximum atomic E-state index is 12.9. The first-order chi connectivity index (χ1) is 15.0. The third-order valence-electron chi connectivity index (χ3n) is 5.75. The van der Waals surface area contributed by atoms with Gasteiger partial charge in [0.05, 0.1) is 18.2 Å². The number of fused-ring (bicyclic) bond motifs is 2. The fraction of sp³-hybridized carbons (Fsp3) is 0.333. The van der Waals surface area contributed by atoms with Gasteiger partial charge in [-0.15, -0.1) is 0 Å². The number of carbonyl (C=O) groups excluding carboxylic acids is 1. The molecule has 0 saturated carbocycles. The summed E-state index contributed by atoms with van der Waals surface area (Å²) in [5.74, 6) is 2.05. The Bertz CT molecular complexity index is 1130. The minimum atomic E-state index is -0.119. The summed E-state index contributed by atoms with van der Waals surface area (Å²) in [6.45, 7) is 4.64. The highest BCUT2D eigenvalue weighted by atomic mass is 16.7. The molecule has 3 heterocycles. The topological polar surface area (TPSA) is 86.2 Å². The van der Waals surface area contributed by atoms with E-state index in [1.54, 1.807) is 12.4 Å². The van der Waals surface area contributed by atoms with Gasteiger partial charge in [0, 0.05) is 29.7 Å². The Morgan fingerprint density at radius 1 is 1.16 bits per heavy atom. The van der Waals surface area contributed by atoms with E-state index >= 15 is 0 Å². The number of ether oxygens (including phenoxy) is 2. The minimum Gasteiger partial charge on any atom is -0.454 e. The average molecular weight is 416 g/mol. The van der Waals surface area contributed by atoms with Gasteiger partial charge in [0.25, 0.3) is 0 Å². The molecule has 0 saturated heterocycles. The largest absolute Gasteiger partial charge is 0.454 e. The van der Waals surface area contributed by atoms with Gasteiger partial charge in [-0.1, -0.05) is 19.9 Å². The Balaban J connectivity index is 1.36. The fourth-order valence-corrected chi connectivity index (χ4v) is 4.30. The molecule has 0 spiro atoms. The van der Waals surface area contributed by atoms with Crippen LogP contribution in [-0.4, -0.2) is 27.7 Å². The quantitative estimate of drug-likeness (QED) is 0.699. The summed E-state index contributed by atoms with van der Waals surface area (Å²) >= 11 is 0. The van der Waals surface area contributed by atoms with Crippen molar-refractivity contribution in [2.24, 2.45) is 5.41 Å². The van der Waals surface area contributed by atoms with E-state index in [-0.39, 0.29) is 30.6 Å². The van der Waals surface area contributed by atoms with E-state index in [9.17, 15) is 4.79 Å². The number of amides is 1. The van der Waals surface area contributed by atoms with Gasteiger partial charge in [-0.25, -0.2) is 9.97 Å². The first-order valence-corrected chi connectivity index (χ1v) is 10.4. The van der Waals surface area contributed by atoms with Crippen LogP contribution in [0.4, 0.5) is 0 Å². The van der Waals surface area contributed by atoms with Crippen LogP contribution < -0.4 is 14.8 Å². The molecule has 1 aromatic carbocycles. The van der Waals surface area contributed by atoms with Gasteiger partial charge in [0.1, 0.15) is 0 Å². The Kier molecular flexibility index (Phi) is 4.81. The Hall–Kier alpha value is -3.48. The molecule has 5 rings (SSSR count). The van der Waals surface area contributed by atoms with Crippen molar-refractivity contribution in [3.63, 3.8) is 0 Å². The lowest BCUT2D eigenvalue weighted by atomic mass is 9.74. The molecule has 31 heavy (non-hydrogen) atoms. The summed E-state index contributed by atoms with van der Waals surface area (Å²) in [4.78, 5) is 26.3. The molecular formula is C24H24N4O3. The van der Waals surface area contributed by atoms with Gasteiger partial charge in [0.15, 0.2) is 17.3 Å². The predicted octanol–water partition coefficient (Wildman–Crippen LogP) is 3.64. The molecule has 1 amide bonds. The van der Waals surface area contributed by atoms with E-state index in [4.69, 9.17) is 14.5 Å². The van der Waals surface area contributed by atoms with Crippen LogP contribution in [0, 0.1) is 5.41 Å². The Morgan fingerprint density at radius 3 is 2.81 bits per heavy atom. The number of nitrogens with one attached hydrogen (secondary N) is 1. The van der Waals surface area contributed by atoms with E-state index in [2.05, 4.69) is 29.1 Å². The van der Waals surface area contributed by atoms with E-state index in [1.165, 1.54) is 0 Å². The number of hydrogen-bond donors (Lipinski definition) is 1. The highest BCUT2D eigenvalue weighted by Crippen LogP contribution is 2.40. The van der Waals surface area contributed by atoms with Crippen LogP contribution in [0.15, 0.2) is 48.9 Å². The molecule has 1 aliphatic carbocycles. The first kappa shape index (κ1) is 19.5. The van der Waals surface area contributed by atoms with Gasteiger partial charge in [-0.2, -0.15) is 0 Å². The fourth-order valence-electron chi connectivity index (χ4n) is 4.30. The molecule has 2 aliphatic rings. The average Bonchev–Trinajstić information content (AvgIpc) is 3.21. The SMILES string of the molecule is CC1(C)Cc2nc(-c3ccncc3)ncc2C(NC(=O)Cc2ccc3c(c2)OCO3)C1. The third-order valence-corrected chi connectivity index (χ3v) is 5.75. The molecule has 2 aromatic heterocycles. The predicted molar refractivity (Wildman–Crippen MR) is 115 cm³/mol. The standard InChI is InChI=1S/C24H24N4O3/c1-24(2)11-18(27-22(29)10-15-3-4-20-21(9-15)31-14-30-20)17-13-26-23(28-19(17)12-24)16-5-7-25-8-6-16/h3-9,13,18H,10-12,14H2,1-2H3,(H,27,29). The number of hydrogen-bond acceptors (Lipinski definition) is 6. The lowest BCUT2D eigenvalue weighted by Gasteiger charge is -2.36. The number of carbonyl (C=O) groups is 1. The molecule has 0 bridgehead atoms. The van der Waals surface area contributed by atoms with Gasteiger partial charge >= 0.3 is 0 Å². The van der Waals surface area contributed by atoms with Crippen LogP contribution in [0.2, 0.25) is 0 Å². The van der Waals surface area contributed by atoms with Gasteiger partial charge < -0.3 is 14.8 Å². The third kappa shape index (κ3) is 4.08. The maximum absolute atomic E-state index is 12.9. The monoisotopic (exact) mass is 416 g/mol. The second-order valence-corrected chi connectivity index (χ2v) is 8.86. The minimum absolute atomic E-state index is 0.0214. The van der Waals surface area contributed by atoms with E-state index in [1.807, 2.05) is 36.5 Å². The van der Waals surface area contributed by atoms with Crippen molar-refractivity contribution in [1.82, 2.24) is 20.3 Å². The molecule has 1 unspecified atom stereocenters. The van der Waals surface area contributed by atoms with Crippen molar-refractivity contribution in [1.29, 1.82) is 0 Å². The number of nitrogens with zero attached hydrogens (tertiary/aromatic N) is 3. The number of pyridine rings is 1. The van der Waals surface area contributed by atoms with Crippen LogP contribution >= 0.6 is 0 Å². The summed E-state index contributed by atoms with van der Waals surface area (Å²) in [7, 11) is 0. The molecule has 0 fully saturated rings. The summed E-state index contributed by atoms with van der Waals surface area (Å²) in [6, 6.07) is 9.30. The molecule has 1 aliphatic heterocycles. The summed E-state index contributed by atoms with van der Waals surface area (Å²) in [5, 5.41) is 3.21. The van der Waals surface area contributed by atoms with Crippen LogP contribution in [-0.2, 0) is 17.6 Å². The number of aromatic nitrogens is 3. The maximum Gasteiger partial charge on any atom is 0.231 e. The summed E-state index contributed by atoms with van der Waals surface area (Å²) < 4.78 is 10.8. The smallest absolute Gasteiger partial charge is 0.231 e. The van der Waals surface area contributed by atoms with Crippen molar-refractivity contribution in [3.8, 4) is 22.9 Å². The summed E-state index contributed by atoms with van der Waals surface area (Å²) in [6.07, 6.45) is 7.29. The molecule has 1 N–H and O–H groups in total. The second kappa shape index (κ2) is 7.65. The van der Waals surface area contributed by atoms with Crippen molar-refractivity contribution in [3.05, 3.63) is 65.7 Å². The molecule has 7 nitrogen and oxygen atoms in total. The highest BCUT2D eigenvalue weighted by molar-refractivity contribution is 5.79. The normalized spacial score (nSPS) is 18.3. The van der Waals surface area contributed by atoms with Crippen LogP contribution in [0.5, 0.6) is 11.5 Å². The van der Waals surface area contributed by atoms with E-state index < -0.39 is 0 Å². The van der Waals surface area contributed by atoms with E-state index in [0.29, 0.717) is 17.3 Å². The molecule has 0 radical (unpaired) electrons. The molecule has 1 atom stereocenters.